The average molecular weight is 861 g/mol. The van der Waals surface area contributed by atoms with Crippen molar-refractivity contribution in [3.63, 3.8) is 0 Å². The highest BCUT2D eigenvalue weighted by Crippen LogP contribution is 2.52. The van der Waals surface area contributed by atoms with Crippen LogP contribution in [0.3, 0.4) is 0 Å². The van der Waals surface area contributed by atoms with Gasteiger partial charge in [0.2, 0.25) is 0 Å². The molecule has 320 valence electrons. The Hall–Kier alpha value is -8.34. The van der Waals surface area contributed by atoms with Gasteiger partial charge < -0.3 is 18.9 Å². The number of allylic oxidation sites excluding steroid dienone is 4. The molecule has 4 heteroatoms. The second kappa shape index (κ2) is 15.4. The van der Waals surface area contributed by atoms with E-state index in [0.29, 0.717) is 0 Å². The smallest absolute Gasteiger partial charge is 0.0541 e. The Morgan fingerprint density at radius 1 is 0.388 bits per heavy atom. The fourth-order valence-corrected chi connectivity index (χ4v) is 11.2. The highest BCUT2D eigenvalue weighted by molar-refractivity contribution is 6.10. The second-order valence-electron chi connectivity index (χ2n) is 18.5. The number of hydrogen-bond acceptors (Lipinski definition) is 2. The molecule has 9 aromatic carbocycles. The number of anilines is 5. The summed E-state index contributed by atoms with van der Waals surface area (Å²) >= 11 is 0. The number of fused-ring (bicyclic) bond motifs is 9. The summed E-state index contributed by atoms with van der Waals surface area (Å²) in [5, 5.41) is 5.08. The molecule has 0 radical (unpaired) electrons. The van der Waals surface area contributed by atoms with Crippen LogP contribution in [0.4, 0.5) is 28.4 Å². The third kappa shape index (κ3) is 6.21. The van der Waals surface area contributed by atoms with Crippen LogP contribution >= 0.6 is 0 Å². The zero-order valence-corrected chi connectivity index (χ0v) is 37.6. The minimum Gasteiger partial charge on any atom is -0.314 e. The van der Waals surface area contributed by atoms with Crippen LogP contribution in [0.1, 0.15) is 37.8 Å². The molecule has 0 unspecified atom stereocenters. The molecule has 0 aliphatic heterocycles. The molecule has 2 aliphatic rings. The van der Waals surface area contributed by atoms with E-state index < -0.39 is 0 Å². The first-order chi connectivity index (χ1) is 33.0. The Balaban J connectivity index is 0.869. The van der Waals surface area contributed by atoms with Gasteiger partial charge >= 0.3 is 0 Å². The number of aromatic nitrogens is 2. The van der Waals surface area contributed by atoms with Crippen LogP contribution in [0, 0.1) is 0 Å². The lowest BCUT2D eigenvalue weighted by Crippen LogP contribution is -2.20. The molecular formula is C63H48N4. The van der Waals surface area contributed by atoms with E-state index in [-0.39, 0.29) is 5.41 Å². The molecule has 2 heterocycles. The van der Waals surface area contributed by atoms with Gasteiger partial charge in [-0.25, -0.2) is 0 Å². The number of para-hydroxylation sites is 5. The van der Waals surface area contributed by atoms with Crippen molar-refractivity contribution in [3.8, 4) is 22.5 Å². The van der Waals surface area contributed by atoms with Gasteiger partial charge in [-0.05, 0) is 150 Å². The standard InChI is InChI=1S/C63H48N4/c1-63(2)57-41-49(64(43-17-5-3-6-18-43)45-29-33-47(34-30-45)66-59-25-13-9-21-53(59)54-22-10-14-26-60(54)66)37-39-51(57)52-40-38-50(42-58(52)63)65(44-19-7-4-8-20-44)46-31-35-48(36-32-46)67-61-27-15-11-23-55(61)56-24-12-16-28-62(56)67/h3-7,9-19,21-42H,8,20H2,1-2H3. The topological polar surface area (TPSA) is 16.3 Å². The molecule has 11 aromatic rings. The number of nitrogens with zero attached hydrogens (tertiary/aromatic N) is 4. The van der Waals surface area contributed by atoms with Gasteiger partial charge in [0.1, 0.15) is 0 Å². The molecule has 13 rings (SSSR count). The summed E-state index contributed by atoms with van der Waals surface area (Å²) in [6, 6.07) is 78.1. The van der Waals surface area contributed by atoms with Gasteiger partial charge in [-0.2, -0.15) is 0 Å². The summed E-state index contributed by atoms with van der Waals surface area (Å²) in [7, 11) is 0. The fourth-order valence-electron chi connectivity index (χ4n) is 11.2. The van der Waals surface area contributed by atoms with Gasteiger partial charge in [-0.1, -0.05) is 129 Å². The summed E-state index contributed by atoms with van der Waals surface area (Å²) in [5.41, 5.74) is 19.2. The van der Waals surface area contributed by atoms with Crippen molar-refractivity contribution in [1.29, 1.82) is 0 Å². The van der Waals surface area contributed by atoms with Gasteiger partial charge in [-0.15, -0.1) is 0 Å². The molecule has 2 aromatic heterocycles. The summed E-state index contributed by atoms with van der Waals surface area (Å²) in [5.74, 6) is 0. The van der Waals surface area contributed by atoms with E-state index in [1.54, 1.807) is 0 Å². The molecule has 0 fully saturated rings. The molecule has 2 aliphatic carbocycles. The minimum absolute atomic E-state index is 0.244. The Morgan fingerprint density at radius 3 is 1.22 bits per heavy atom. The first kappa shape index (κ1) is 39.1. The lowest BCUT2D eigenvalue weighted by atomic mass is 9.82. The number of benzene rings is 9. The normalized spacial score (nSPS) is 13.9. The maximum Gasteiger partial charge on any atom is 0.0541 e. The fraction of sp³-hybridized carbons (Fsp3) is 0.0794. The molecule has 0 saturated heterocycles. The van der Waals surface area contributed by atoms with Crippen LogP contribution in [0.15, 0.2) is 236 Å². The Labute approximate surface area is 391 Å². The van der Waals surface area contributed by atoms with Crippen molar-refractivity contribution < 1.29 is 0 Å². The van der Waals surface area contributed by atoms with Gasteiger partial charge in [0.25, 0.3) is 0 Å². The molecule has 0 N–H and O–H groups in total. The predicted octanol–water partition coefficient (Wildman–Crippen LogP) is 17.0. The van der Waals surface area contributed by atoms with Gasteiger partial charge in [0.05, 0.1) is 22.1 Å². The Morgan fingerprint density at radius 2 is 0.776 bits per heavy atom. The van der Waals surface area contributed by atoms with E-state index in [9.17, 15) is 0 Å². The lowest BCUT2D eigenvalue weighted by molar-refractivity contribution is 0.660. The molecule has 0 spiro atoms. The van der Waals surface area contributed by atoms with Crippen molar-refractivity contribution >= 4 is 72.0 Å². The van der Waals surface area contributed by atoms with Crippen molar-refractivity contribution in [1.82, 2.24) is 9.13 Å². The van der Waals surface area contributed by atoms with Crippen LogP contribution < -0.4 is 9.80 Å². The van der Waals surface area contributed by atoms with Gasteiger partial charge in [0, 0.05) is 72.5 Å². The van der Waals surface area contributed by atoms with E-state index in [1.165, 1.54) is 77.2 Å². The summed E-state index contributed by atoms with van der Waals surface area (Å²) in [4.78, 5) is 4.87. The molecule has 0 atom stereocenters. The quantitative estimate of drug-likeness (QED) is 0.151. The largest absolute Gasteiger partial charge is 0.314 e. The maximum absolute atomic E-state index is 2.48. The van der Waals surface area contributed by atoms with Crippen LogP contribution in [0.2, 0.25) is 0 Å². The van der Waals surface area contributed by atoms with Crippen molar-refractivity contribution in [3.05, 3.63) is 247 Å². The molecule has 4 nitrogen and oxygen atoms in total. The van der Waals surface area contributed by atoms with E-state index in [0.717, 1.165) is 47.0 Å². The van der Waals surface area contributed by atoms with Crippen LogP contribution in [0.5, 0.6) is 0 Å². The molecule has 0 bridgehead atoms. The van der Waals surface area contributed by atoms with E-state index in [2.05, 4.69) is 263 Å². The van der Waals surface area contributed by atoms with Crippen LogP contribution in [-0.4, -0.2) is 9.13 Å². The maximum atomic E-state index is 2.48. The van der Waals surface area contributed by atoms with Crippen molar-refractivity contribution in [2.75, 3.05) is 9.80 Å². The summed E-state index contributed by atoms with van der Waals surface area (Å²) in [6.45, 7) is 4.79. The second-order valence-corrected chi connectivity index (χ2v) is 18.5. The zero-order chi connectivity index (χ0) is 44.6. The number of rotatable bonds is 8. The van der Waals surface area contributed by atoms with Gasteiger partial charge in [0.15, 0.2) is 0 Å². The third-order valence-corrected chi connectivity index (χ3v) is 14.3. The molecular weight excluding hydrogens is 813 g/mol. The third-order valence-electron chi connectivity index (χ3n) is 14.3. The summed E-state index contributed by atoms with van der Waals surface area (Å²) < 4.78 is 4.78. The minimum atomic E-state index is -0.244. The first-order valence-corrected chi connectivity index (χ1v) is 23.5. The van der Waals surface area contributed by atoms with Crippen LogP contribution in [-0.2, 0) is 5.41 Å². The Bertz CT molecular complexity index is 3660. The van der Waals surface area contributed by atoms with Crippen molar-refractivity contribution in [2.45, 2.75) is 32.1 Å². The van der Waals surface area contributed by atoms with E-state index in [4.69, 9.17) is 0 Å². The molecule has 0 amide bonds. The molecule has 67 heavy (non-hydrogen) atoms. The zero-order valence-electron chi connectivity index (χ0n) is 37.6. The highest BCUT2D eigenvalue weighted by atomic mass is 15.2. The average Bonchev–Trinajstić information content (AvgIpc) is 3.98. The van der Waals surface area contributed by atoms with Crippen LogP contribution in [0.25, 0.3) is 66.1 Å². The molecule has 0 saturated carbocycles. The van der Waals surface area contributed by atoms with Gasteiger partial charge in [-0.3, -0.25) is 0 Å². The SMILES string of the molecule is CC1(C)c2cc(N(C3=CC=CCC3)c3ccc(-n4c5ccccc5c5ccccc54)cc3)ccc2-c2ccc(N(c3ccccc3)c3ccc(-n4c5ccccc5c5ccccc54)cc3)cc21. The Kier molecular flexibility index (Phi) is 8.97. The first-order valence-electron chi connectivity index (χ1n) is 23.5. The monoisotopic (exact) mass is 860 g/mol. The van der Waals surface area contributed by atoms with E-state index in [1.807, 2.05) is 0 Å². The lowest BCUT2D eigenvalue weighted by Gasteiger charge is -2.31. The number of hydrogen-bond donors (Lipinski definition) is 0. The highest BCUT2D eigenvalue weighted by Gasteiger charge is 2.37. The van der Waals surface area contributed by atoms with E-state index >= 15 is 0 Å². The summed E-state index contributed by atoms with van der Waals surface area (Å²) in [6.07, 6.45) is 8.77. The predicted molar refractivity (Wildman–Crippen MR) is 282 cm³/mol. The van der Waals surface area contributed by atoms with Crippen molar-refractivity contribution in [2.24, 2.45) is 0 Å².